The fourth-order valence-corrected chi connectivity index (χ4v) is 2.75. The van der Waals surface area contributed by atoms with Crippen molar-refractivity contribution in [2.24, 2.45) is 7.05 Å². The largest absolute Gasteiger partial charge is 0.313 e. The summed E-state index contributed by atoms with van der Waals surface area (Å²) < 4.78 is 1.92. The molecule has 0 unspecified atom stereocenters. The molecule has 2 aromatic rings. The van der Waals surface area contributed by atoms with Crippen molar-refractivity contribution >= 4 is 11.8 Å². The molecule has 0 aliphatic rings. The van der Waals surface area contributed by atoms with Gasteiger partial charge in [-0.05, 0) is 49.3 Å². The number of hydrogen-bond acceptors (Lipinski definition) is 5. The predicted molar refractivity (Wildman–Crippen MR) is 83.0 cm³/mol. The van der Waals surface area contributed by atoms with Gasteiger partial charge >= 0.3 is 0 Å². The molecular weight excluding hydrogens is 282 g/mol. The Labute approximate surface area is 129 Å². The number of benzene rings is 1. The first kappa shape index (κ1) is 15.5. The summed E-state index contributed by atoms with van der Waals surface area (Å²) in [5.41, 5.74) is 1.80. The number of nitrogens with one attached hydrogen (secondary N) is 1. The first-order valence-electron chi connectivity index (χ1n) is 6.93. The van der Waals surface area contributed by atoms with Gasteiger partial charge in [-0.2, -0.15) is 5.26 Å². The van der Waals surface area contributed by atoms with Crippen LogP contribution in [0.2, 0.25) is 0 Å². The highest BCUT2D eigenvalue weighted by molar-refractivity contribution is 7.99. The Balaban J connectivity index is 2.17. The number of nitrogens with zero attached hydrogens (tertiary/aromatic N) is 4. The maximum atomic E-state index is 9.34. The van der Waals surface area contributed by atoms with Crippen molar-refractivity contribution in [2.45, 2.75) is 36.9 Å². The minimum atomic E-state index is 0.677. The van der Waals surface area contributed by atoms with E-state index in [2.05, 4.69) is 34.6 Å². The molecule has 1 N–H and O–H groups in total. The highest BCUT2D eigenvalue weighted by Crippen LogP contribution is 2.29. The third kappa shape index (κ3) is 3.84. The van der Waals surface area contributed by atoms with Crippen LogP contribution in [0.15, 0.2) is 28.3 Å². The summed E-state index contributed by atoms with van der Waals surface area (Å²) in [4.78, 5) is 0.909. The van der Waals surface area contributed by atoms with Crippen molar-refractivity contribution in [2.75, 3.05) is 6.54 Å². The second-order valence-electron chi connectivity index (χ2n) is 4.81. The lowest BCUT2D eigenvalue weighted by molar-refractivity contribution is 0.675. The molecule has 0 atom stereocenters. The van der Waals surface area contributed by atoms with Crippen molar-refractivity contribution in [3.8, 4) is 6.07 Å². The Morgan fingerprint density at radius 2 is 2.19 bits per heavy atom. The molecule has 0 saturated carbocycles. The molecule has 0 bridgehead atoms. The van der Waals surface area contributed by atoms with E-state index in [0.717, 1.165) is 41.0 Å². The molecule has 110 valence electrons. The summed E-state index contributed by atoms with van der Waals surface area (Å²) in [5, 5.41) is 21.6. The number of aromatic nitrogens is 3. The van der Waals surface area contributed by atoms with Gasteiger partial charge in [0, 0.05) is 18.5 Å². The maximum absolute atomic E-state index is 9.34. The highest BCUT2D eigenvalue weighted by atomic mass is 32.2. The molecule has 21 heavy (non-hydrogen) atoms. The van der Waals surface area contributed by atoms with E-state index < -0.39 is 0 Å². The van der Waals surface area contributed by atoms with Crippen LogP contribution in [0.5, 0.6) is 0 Å². The van der Waals surface area contributed by atoms with Crippen molar-refractivity contribution in [3.63, 3.8) is 0 Å². The highest BCUT2D eigenvalue weighted by Gasteiger charge is 2.11. The molecule has 1 heterocycles. The van der Waals surface area contributed by atoms with Gasteiger partial charge in [0.15, 0.2) is 5.16 Å². The van der Waals surface area contributed by atoms with Gasteiger partial charge in [0.05, 0.1) is 5.56 Å². The average molecular weight is 301 g/mol. The van der Waals surface area contributed by atoms with Crippen LogP contribution in [-0.2, 0) is 13.6 Å². The molecule has 0 radical (unpaired) electrons. The zero-order valence-corrected chi connectivity index (χ0v) is 13.4. The van der Waals surface area contributed by atoms with E-state index in [-0.39, 0.29) is 0 Å². The molecule has 0 aliphatic heterocycles. The summed E-state index contributed by atoms with van der Waals surface area (Å²) in [6.07, 6.45) is 1.10. The molecule has 5 nitrogen and oxygen atoms in total. The second kappa shape index (κ2) is 7.25. The third-order valence-corrected chi connectivity index (χ3v) is 4.29. The fraction of sp³-hybridized carbons (Fsp3) is 0.400. The van der Waals surface area contributed by atoms with Crippen LogP contribution in [0.25, 0.3) is 0 Å². The Morgan fingerprint density at radius 3 is 2.81 bits per heavy atom. The van der Waals surface area contributed by atoms with Crippen LogP contribution < -0.4 is 5.32 Å². The smallest absolute Gasteiger partial charge is 0.195 e. The molecule has 6 heteroatoms. The third-order valence-electron chi connectivity index (χ3n) is 3.17. The van der Waals surface area contributed by atoms with Crippen LogP contribution in [0, 0.1) is 18.3 Å². The van der Waals surface area contributed by atoms with Gasteiger partial charge in [0.25, 0.3) is 0 Å². The van der Waals surface area contributed by atoms with Crippen LogP contribution in [0.1, 0.15) is 30.3 Å². The summed E-state index contributed by atoms with van der Waals surface area (Å²) in [7, 11) is 1.92. The minimum Gasteiger partial charge on any atom is -0.313 e. The zero-order valence-electron chi connectivity index (χ0n) is 12.6. The Hall–Kier alpha value is -1.84. The topological polar surface area (TPSA) is 66.5 Å². The van der Waals surface area contributed by atoms with E-state index in [1.165, 1.54) is 11.8 Å². The number of nitriles is 1. The van der Waals surface area contributed by atoms with E-state index in [0.29, 0.717) is 5.56 Å². The van der Waals surface area contributed by atoms with E-state index >= 15 is 0 Å². The Bertz CT molecular complexity index is 657. The normalized spacial score (nSPS) is 10.6. The SMILES string of the molecule is CCCNCc1ccc(Sc2nnc(C)n2C)c(C#N)c1. The second-order valence-corrected chi connectivity index (χ2v) is 5.82. The van der Waals surface area contributed by atoms with Gasteiger partial charge in [0.2, 0.25) is 0 Å². The average Bonchev–Trinajstić information content (AvgIpc) is 2.81. The molecule has 0 fully saturated rings. The number of aryl methyl sites for hydroxylation is 1. The summed E-state index contributed by atoms with van der Waals surface area (Å²) >= 11 is 1.47. The van der Waals surface area contributed by atoms with Crippen LogP contribution >= 0.6 is 11.8 Å². The first-order valence-corrected chi connectivity index (χ1v) is 7.75. The number of hydrogen-bond donors (Lipinski definition) is 1. The molecule has 0 aliphatic carbocycles. The van der Waals surface area contributed by atoms with Crippen LogP contribution in [-0.4, -0.2) is 21.3 Å². The van der Waals surface area contributed by atoms with Crippen molar-refractivity contribution in [3.05, 3.63) is 35.2 Å². The molecule has 1 aromatic heterocycles. The van der Waals surface area contributed by atoms with E-state index in [9.17, 15) is 5.26 Å². The van der Waals surface area contributed by atoms with Gasteiger partial charge in [-0.3, -0.25) is 0 Å². The lowest BCUT2D eigenvalue weighted by Crippen LogP contribution is -2.13. The minimum absolute atomic E-state index is 0.677. The molecule has 1 aromatic carbocycles. The first-order chi connectivity index (χ1) is 10.2. The van der Waals surface area contributed by atoms with Crippen LogP contribution in [0.3, 0.4) is 0 Å². The Morgan fingerprint density at radius 1 is 1.38 bits per heavy atom. The summed E-state index contributed by atoms with van der Waals surface area (Å²) in [6, 6.07) is 8.24. The summed E-state index contributed by atoms with van der Waals surface area (Å²) in [6.45, 7) is 5.81. The number of rotatable bonds is 6. The molecule has 0 spiro atoms. The van der Waals surface area contributed by atoms with E-state index in [1.54, 1.807) is 0 Å². The van der Waals surface area contributed by atoms with E-state index in [4.69, 9.17) is 0 Å². The maximum Gasteiger partial charge on any atom is 0.195 e. The van der Waals surface area contributed by atoms with Crippen molar-refractivity contribution < 1.29 is 0 Å². The van der Waals surface area contributed by atoms with Crippen molar-refractivity contribution in [1.82, 2.24) is 20.1 Å². The van der Waals surface area contributed by atoms with Crippen LogP contribution in [0.4, 0.5) is 0 Å². The monoisotopic (exact) mass is 301 g/mol. The predicted octanol–water partition coefficient (Wildman–Crippen LogP) is 2.65. The standard InChI is InChI=1S/C15H19N5S/c1-4-7-17-10-12-5-6-14(13(8-12)9-16)21-15-19-18-11(2)20(15)3/h5-6,8,17H,4,7,10H2,1-3H3. The molecule has 2 rings (SSSR count). The van der Waals surface area contributed by atoms with Gasteiger partial charge in [-0.25, -0.2) is 0 Å². The summed E-state index contributed by atoms with van der Waals surface area (Å²) in [5.74, 6) is 0.858. The molecular formula is C15H19N5S. The molecule has 0 saturated heterocycles. The lowest BCUT2D eigenvalue weighted by Gasteiger charge is -2.07. The zero-order chi connectivity index (χ0) is 15.2. The van der Waals surface area contributed by atoms with Gasteiger partial charge < -0.3 is 9.88 Å². The molecule has 0 amide bonds. The van der Waals surface area contributed by atoms with E-state index in [1.807, 2.05) is 30.7 Å². The van der Waals surface area contributed by atoms with Gasteiger partial charge in [-0.1, -0.05) is 13.0 Å². The quantitative estimate of drug-likeness (QED) is 0.831. The van der Waals surface area contributed by atoms with Gasteiger partial charge in [-0.15, -0.1) is 10.2 Å². The van der Waals surface area contributed by atoms with Gasteiger partial charge in [0.1, 0.15) is 11.9 Å². The Kier molecular flexibility index (Phi) is 5.37. The van der Waals surface area contributed by atoms with Crippen molar-refractivity contribution in [1.29, 1.82) is 5.26 Å². The fourth-order valence-electron chi connectivity index (χ4n) is 1.85. The lowest BCUT2D eigenvalue weighted by atomic mass is 10.1.